The van der Waals surface area contributed by atoms with E-state index >= 15 is 0 Å². The highest BCUT2D eigenvalue weighted by atomic mass is 32.2. The molecule has 2 saturated carbocycles. The molecule has 1 aliphatic heterocycles. The number of nitrogens with one attached hydrogen (secondary N) is 2. The lowest BCUT2D eigenvalue weighted by Gasteiger charge is -2.41. The van der Waals surface area contributed by atoms with Crippen LogP contribution < -0.4 is 10.6 Å². The van der Waals surface area contributed by atoms with E-state index in [1.807, 2.05) is 30.3 Å². The van der Waals surface area contributed by atoms with Crippen LogP contribution in [0.5, 0.6) is 0 Å². The van der Waals surface area contributed by atoms with Crippen LogP contribution in [-0.2, 0) is 25.8 Å². The Morgan fingerprint density at radius 1 is 1.20 bits per heavy atom. The Labute approximate surface area is 147 Å². The second-order valence-electron chi connectivity index (χ2n) is 7.51. The Kier molecular flexibility index (Phi) is 3.86. The zero-order chi connectivity index (χ0) is 17.7. The number of sulfone groups is 1. The number of fused-ring (bicyclic) bond motifs is 2. The molecule has 25 heavy (non-hydrogen) atoms. The zero-order valence-corrected chi connectivity index (χ0v) is 14.7. The third kappa shape index (κ3) is 2.65. The van der Waals surface area contributed by atoms with Crippen molar-refractivity contribution in [3.8, 4) is 0 Å². The Bertz CT molecular complexity index is 798. The summed E-state index contributed by atoms with van der Waals surface area (Å²) < 4.78 is 25.6. The average Bonchev–Trinajstić information content (AvgIpc) is 3.21. The smallest absolute Gasteiger partial charge is 0.246 e. The van der Waals surface area contributed by atoms with Gasteiger partial charge in [0.25, 0.3) is 0 Å². The first-order valence-corrected chi connectivity index (χ1v) is 10.3. The molecule has 0 spiro atoms. The quantitative estimate of drug-likeness (QED) is 0.762. The molecule has 2 amide bonds. The fourth-order valence-electron chi connectivity index (χ4n) is 4.57. The van der Waals surface area contributed by atoms with Gasteiger partial charge in [-0.05, 0) is 43.6 Å². The number of carbonyl (C=O) groups excluding carboxylic acids is 2. The van der Waals surface area contributed by atoms with E-state index in [1.54, 1.807) is 0 Å². The fraction of sp³-hybridized carbons (Fsp3) is 0.556. The lowest BCUT2D eigenvalue weighted by atomic mass is 10.0. The van der Waals surface area contributed by atoms with Crippen molar-refractivity contribution in [1.82, 2.24) is 10.6 Å². The molecule has 2 atom stereocenters. The van der Waals surface area contributed by atoms with Crippen molar-refractivity contribution in [2.24, 2.45) is 5.92 Å². The van der Waals surface area contributed by atoms with Crippen molar-refractivity contribution in [3.63, 3.8) is 0 Å². The Morgan fingerprint density at radius 3 is 2.44 bits per heavy atom. The molecule has 7 heteroatoms. The largest absolute Gasteiger partial charge is 0.341 e. The van der Waals surface area contributed by atoms with Crippen molar-refractivity contribution in [2.45, 2.75) is 54.7 Å². The van der Waals surface area contributed by atoms with Gasteiger partial charge in [0.2, 0.25) is 11.8 Å². The van der Waals surface area contributed by atoms with Gasteiger partial charge < -0.3 is 10.6 Å². The number of carbonyl (C=O) groups is 2. The highest BCUT2D eigenvalue weighted by Crippen LogP contribution is 2.53. The lowest BCUT2D eigenvalue weighted by Crippen LogP contribution is -2.73. The third-order valence-electron chi connectivity index (χ3n) is 6.01. The van der Waals surface area contributed by atoms with E-state index in [2.05, 4.69) is 10.6 Å². The second kappa shape index (κ2) is 5.83. The normalized spacial score (nSPS) is 33.6. The predicted octanol–water partition coefficient (Wildman–Crippen LogP) is 0.917. The number of benzene rings is 1. The van der Waals surface area contributed by atoms with Crippen LogP contribution in [0.4, 0.5) is 0 Å². The van der Waals surface area contributed by atoms with Gasteiger partial charge in [0.05, 0.1) is 11.2 Å². The molecule has 1 aromatic rings. The number of amides is 2. The Morgan fingerprint density at radius 2 is 1.88 bits per heavy atom. The first-order chi connectivity index (χ1) is 11.9. The van der Waals surface area contributed by atoms with Gasteiger partial charge in [0.15, 0.2) is 15.2 Å². The average molecular weight is 362 g/mol. The maximum atomic E-state index is 13.1. The fourth-order valence-corrected chi connectivity index (χ4v) is 7.20. The van der Waals surface area contributed by atoms with Crippen LogP contribution in [0.25, 0.3) is 0 Å². The van der Waals surface area contributed by atoms with Crippen molar-refractivity contribution in [1.29, 1.82) is 0 Å². The minimum atomic E-state index is -3.52. The maximum absolute atomic E-state index is 13.1. The van der Waals surface area contributed by atoms with Crippen molar-refractivity contribution in [2.75, 3.05) is 0 Å². The van der Waals surface area contributed by atoms with Crippen LogP contribution in [0.2, 0.25) is 0 Å². The molecular weight excluding hydrogens is 340 g/mol. The standard InChI is InChI=1S/C18H22N2O4S/c21-14(10-12-4-2-1-3-5-12)19-15-16(22)20-17(15)25(23,24)18-8-6-13(11-18)7-9-18/h1-5,13,15,17H,6-11H2,(H,19,21)(H,20,22)/t13?,15-,17-,18?/m1/s1. The van der Waals surface area contributed by atoms with Crippen LogP contribution in [-0.4, -0.2) is 36.4 Å². The van der Waals surface area contributed by atoms with Gasteiger partial charge in [-0.25, -0.2) is 8.42 Å². The van der Waals surface area contributed by atoms with Crippen molar-refractivity contribution in [3.05, 3.63) is 35.9 Å². The topological polar surface area (TPSA) is 92.3 Å². The molecular formula is C18H22N2O4S. The molecule has 2 N–H and O–H groups in total. The molecule has 0 aromatic heterocycles. The molecule has 2 bridgehead atoms. The molecule has 2 aliphatic carbocycles. The van der Waals surface area contributed by atoms with E-state index in [0.717, 1.165) is 18.4 Å². The molecule has 6 nitrogen and oxygen atoms in total. The summed E-state index contributed by atoms with van der Waals surface area (Å²) in [5, 5.41) is 4.15. The van der Waals surface area contributed by atoms with Crippen LogP contribution in [0, 0.1) is 5.92 Å². The van der Waals surface area contributed by atoms with E-state index in [9.17, 15) is 18.0 Å². The molecule has 1 aromatic carbocycles. The molecule has 3 aliphatic rings. The summed E-state index contributed by atoms with van der Waals surface area (Å²) in [4.78, 5) is 24.1. The van der Waals surface area contributed by atoms with Crippen LogP contribution in [0.15, 0.2) is 30.3 Å². The minimum Gasteiger partial charge on any atom is -0.341 e. The highest BCUT2D eigenvalue weighted by Gasteiger charge is 2.61. The molecule has 4 rings (SSSR count). The molecule has 0 radical (unpaired) electrons. The van der Waals surface area contributed by atoms with Crippen molar-refractivity contribution < 1.29 is 18.0 Å². The summed E-state index contributed by atoms with van der Waals surface area (Å²) in [6.07, 6.45) is 4.08. The summed E-state index contributed by atoms with van der Waals surface area (Å²) in [6.45, 7) is 0. The first-order valence-electron chi connectivity index (χ1n) is 8.78. The number of hydrogen-bond donors (Lipinski definition) is 2. The monoisotopic (exact) mass is 362 g/mol. The molecule has 0 unspecified atom stereocenters. The van der Waals surface area contributed by atoms with E-state index < -0.39 is 31.9 Å². The van der Waals surface area contributed by atoms with Gasteiger partial charge in [-0.1, -0.05) is 30.3 Å². The zero-order valence-electron chi connectivity index (χ0n) is 13.9. The Balaban J connectivity index is 1.46. The van der Waals surface area contributed by atoms with Gasteiger partial charge in [0, 0.05) is 0 Å². The summed E-state index contributed by atoms with van der Waals surface area (Å²) in [5.41, 5.74) is 0.826. The van der Waals surface area contributed by atoms with Gasteiger partial charge in [0.1, 0.15) is 6.04 Å². The van der Waals surface area contributed by atoms with Crippen LogP contribution in [0.1, 0.15) is 37.7 Å². The predicted molar refractivity (Wildman–Crippen MR) is 92.2 cm³/mol. The summed E-state index contributed by atoms with van der Waals surface area (Å²) in [5.74, 6) is -0.255. The van der Waals surface area contributed by atoms with Gasteiger partial charge in [-0.3, -0.25) is 9.59 Å². The van der Waals surface area contributed by atoms with Crippen LogP contribution in [0.3, 0.4) is 0 Å². The summed E-state index contributed by atoms with van der Waals surface area (Å²) >= 11 is 0. The second-order valence-corrected chi connectivity index (χ2v) is 9.98. The summed E-state index contributed by atoms with van der Waals surface area (Å²) in [7, 11) is -3.52. The summed E-state index contributed by atoms with van der Waals surface area (Å²) in [6, 6.07) is 8.20. The van der Waals surface area contributed by atoms with Gasteiger partial charge in [-0.2, -0.15) is 0 Å². The van der Waals surface area contributed by atoms with Crippen molar-refractivity contribution >= 4 is 21.7 Å². The third-order valence-corrected chi connectivity index (χ3v) is 8.85. The molecule has 134 valence electrons. The number of rotatable bonds is 5. The lowest BCUT2D eigenvalue weighted by molar-refractivity contribution is -0.134. The number of hydrogen-bond acceptors (Lipinski definition) is 4. The molecule has 1 heterocycles. The highest BCUT2D eigenvalue weighted by molar-refractivity contribution is 7.93. The molecule has 3 fully saturated rings. The van der Waals surface area contributed by atoms with Gasteiger partial charge in [-0.15, -0.1) is 0 Å². The van der Waals surface area contributed by atoms with E-state index in [1.165, 1.54) is 0 Å². The molecule has 1 saturated heterocycles. The SMILES string of the molecule is O=C(Cc1ccccc1)N[C@@H]1C(=O)N[C@@H]1S(=O)(=O)C12CCC(CC1)C2. The van der Waals surface area contributed by atoms with E-state index in [-0.39, 0.29) is 12.3 Å². The first kappa shape index (κ1) is 16.6. The minimum absolute atomic E-state index is 0.130. The van der Waals surface area contributed by atoms with E-state index in [0.29, 0.717) is 25.2 Å². The van der Waals surface area contributed by atoms with Crippen LogP contribution >= 0.6 is 0 Å². The number of β-lactam (4-membered cyclic amide) rings is 1. The van der Waals surface area contributed by atoms with Gasteiger partial charge >= 0.3 is 0 Å². The maximum Gasteiger partial charge on any atom is 0.246 e. The van der Waals surface area contributed by atoms with E-state index in [4.69, 9.17) is 0 Å². The Hall–Kier alpha value is -1.89.